The van der Waals surface area contributed by atoms with E-state index in [1.54, 1.807) is 0 Å². The summed E-state index contributed by atoms with van der Waals surface area (Å²) in [5, 5.41) is 8.55. The van der Waals surface area contributed by atoms with Crippen molar-refractivity contribution in [3.63, 3.8) is 0 Å². The molecule has 0 aliphatic carbocycles. The fourth-order valence-electron chi connectivity index (χ4n) is 2.03. The zero-order valence-electron chi connectivity index (χ0n) is 12.6. The Morgan fingerprint density at radius 2 is 1.56 bits per heavy atom. The lowest BCUT2D eigenvalue weighted by Gasteiger charge is -2.08. The van der Waals surface area contributed by atoms with Gasteiger partial charge in [0.05, 0.1) is 0 Å². The molecular weight excluding hydrogens is 224 g/mol. The van der Waals surface area contributed by atoms with Crippen LogP contribution in [0.2, 0.25) is 0 Å². The van der Waals surface area contributed by atoms with Crippen molar-refractivity contribution in [3.8, 4) is 0 Å². The SMILES string of the molecule is C1CCOCC1.CCC(C)CCCCCCCO. The van der Waals surface area contributed by atoms with Crippen LogP contribution in [0, 0.1) is 5.92 Å². The first kappa shape index (κ1) is 17.9. The molecule has 0 bridgehead atoms. The lowest BCUT2D eigenvalue weighted by molar-refractivity contribution is 0.0968. The third kappa shape index (κ3) is 14.0. The van der Waals surface area contributed by atoms with Crippen molar-refractivity contribution >= 4 is 0 Å². The van der Waals surface area contributed by atoms with E-state index in [0.29, 0.717) is 6.61 Å². The Bertz CT molecular complexity index is 133. The van der Waals surface area contributed by atoms with E-state index >= 15 is 0 Å². The van der Waals surface area contributed by atoms with Gasteiger partial charge in [0.25, 0.3) is 0 Å². The number of unbranched alkanes of at least 4 members (excludes halogenated alkanes) is 4. The van der Waals surface area contributed by atoms with Gasteiger partial charge in [-0.05, 0) is 31.6 Å². The topological polar surface area (TPSA) is 29.5 Å². The van der Waals surface area contributed by atoms with Crippen LogP contribution in [0.25, 0.3) is 0 Å². The first-order chi connectivity index (χ1) is 8.81. The molecule has 0 aromatic carbocycles. The van der Waals surface area contributed by atoms with E-state index < -0.39 is 0 Å². The summed E-state index contributed by atoms with van der Waals surface area (Å²) in [6.07, 6.45) is 12.9. The lowest BCUT2D eigenvalue weighted by atomic mass is 10.0. The highest BCUT2D eigenvalue weighted by atomic mass is 16.5. The van der Waals surface area contributed by atoms with E-state index in [4.69, 9.17) is 9.84 Å². The predicted molar refractivity (Wildman–Crippen MR) is 78.9 cm³/mol. The molecule has 1 aliphatic rings. The number of aliphatic hydroxyl groups excluding tert-OH is 1. The van der Waals surface area contributed by atoms with Crippen LogP contribution in [0.5, 0.6) is 0 Å². The summed E-state index contributed by atoms with van der Waals surface area (Å²) in [4.78, 5) is 0. The van der Waals surface area contributed by atoms with E-state index in [-0.39, 0.29) is 0 Å². The number of aliphatic hydroxyl groups is 1. The molecule has 1 rings (SSSR count). The molecule has 110 valence electrons. The van der Waals surface area contributed by atoms with Crippen molar-refractivity contribution < 1.29 is 9.84 Å². The molecule has 1 aliphatic heterocycles. The lowest BCUT2D eigenvalue weighted by Crippen LogP contribution is -2.03. The molecule has 0 amide bonds. The van der Waals surface area contributed by atoms with Gasteiger partial charge in [0, 0.05) is 19.8 Å². The van der Waals surface area contributed by atoms with Crippen LogP contribution in [-0.2, 0) is 4.74 Å². The van der Waals surface area contributed by atoms with Crippen LogP contribution in [0.1, 0.15) is 78.1 Å². The average Bonchev–Trinajstić information content (AvgIpc) is 2.45. The van der Waals surface area contributed by atoms with Crippen molar-refractivity contribution in [2.75, 3.05) is 19.8 Å². The van der Waals surface area contributed by atoms with E-state index in [2.05, 4.69) is 13.8 Å². The Kier molecular flexibility index (Phi) is 14.9. The molecule has 1 fully saturated rings. The van der Waals surface area contributed by atoms with Crippen molar-refractivity contribution in [2.45, 2.75) is 78.1 Å². The number of hydrogen-bond donors (Lipinski definition) is 1. The van der Waals surface area contributed by atoms with Crippen LogP contribution in [0.4, 0.5) is 0 Å². The molecular formula is C16H34O2. The Hall–Kier alpha value is -0.0800. The minimum absolute atomic E-state index is 0.366. The smallest absolute Gasteiger partial charge is 0.0466 e. The summed E-state index contributed by atoms with van der Waals surface area (Å²) in [6, 6.07) is 0. The second-order valence-electron chi connectivity index (χ2n) is 5.47. The highest BCUT2D eigenvalue weighted by Crippen LogP contribution is 2.13. The van der Waals surface area contributed by atoms with E-state index in [1.807, 2.05) is 0 Å². The molecule has 1 heterocycles. The van der Waals surface area contributed by atoms with Gasteiger partial charge in [0.2, 0.25) is 0 Å². The Morgan fingerprint density at radius 1 is 0.944 bits per heavy atom. The molecule has 0 aromatic rings. The second-order valence-corrected chi connectivity index (χ2v) is 5.47. The maximum atomic E-state index is 8.55. The van der Waals surface area contributed by atoms with Gasteiger partial charge in [0.15, 0.2) is 0 Å². The highest BCUT2D eigenvalue weighted by Gasteiger charge is 1.97. The number of rotatable bonds is 8. The summed E-state index contributed by atoms with van der Waals surface area (Å²) in [5.41, 5.74) is 0. The molecule has 0 spiro atoms. The van der Waals surface area contributed by atoms with Gasteiger partial charge in [-0.1, -0.05) is 52.4 Å². The van der Waals surface area contributed by atoms with Gasteiger partial charge >= 0.3 is 0 Å². The molecule has 1 N–H and O–H groups in total. The van der Waals surface area contributed by atoms with Crippen molar-refractivity contribution in [1.82, 2.24) is 0 Å². The quantitative estimate of drug-likeness (QED) is 0.647. The maximum absolute atomic E-state index is 8.55. The van der Waals surface area contributed by atoms with Crippen molar-refractivity contribution in [1.29, 1.82) is 0 Å². The van der Waals surface area contributed by atoms with Gasteiger partial charge < -0.3 is 9.84 Å². The second kappa shape index (κ2) is 15.0. The van der Waals surface area contributed by atoms with Gasteiger partial charge in [-0.25, -0.2) is 0 Å². The van der Waals surface area contributed by atoms with Crippen molar-refractivity contribution in [3.05, 3.63) is 0 Å². The van der Waals surface area contributed by atoms with E-state index in [9.17, 15) is 0 Å². The normalized spacial score (nSPS) is 16.8. The Morgan fingerprint density at radius 3 is 2.00 bits per heavy atom. The molecule has 18 heavy (non-hydrogen) atoms. The van der Waals surface area contributed by atoms with Crippen LogP contribution < -0.4 is 0 Å². The van der Waals surface area contributed by atoms with Crippen LogP contribution in [-0.4, -0.2) is 24.9 Å². The molecule has 0 aromatic heterocycles. The van der Waals surface area contributed by atoms with E-state index in [1.165, 1.54) is 57.8 Å². The summed E-state index contributed by atoms with van der Waals surface area (Å²) in [6.45, 7) is 6.95. The summed E-state index contributed by atoms with van der Waals surface area (Å²) in [5.74, 6) is 0.905. The molecule has 0 radical (unpaired) electrons. The number of hydrogen-bond acceptors (Lipinski definition) is 2. The van der Waals surface area contributed by atoms with Crippen LogP contribution in [0.3, 0.4) is 0 Å². The monoisotopic (exact) mass is 258 g/mol. The molecule has 1 atom stereocenters. The first-order valence-corrected chi connectivity index (χ1v) is 7.99. The molecule has 1 unspecified atom stereocenters. The fraction of sp³-hybridized carbons (Fsp3) is 1.00. The van der Waals surface area contributed by atoms with Crippen molar-refractivity contribution in [2.24, 2.45) is 5.92 Å². The predicted octanol–water partition coefficient (Wildman–Crippen LogP) is 4.55. The highest BCUT2D eigenvalue weighted by molar-refractivity contribution is 4.51. The fourth-order valence-corrected chi connectivity index (χ4v) is 2.03. The Labute approximate surface area is 114 Å². The molecule has 0 saturated carbocycles. The standard InChI is InChI=1S/C11H24O.C5H10O/c1-3-11(2)9-7-5-4-6-8-10-12;1-2-4-6-5-3-1/h11-12H,3-10H2,1-2H3;1-5H2. The largest absolute Gasteiger partial charge is 0.396 e. The van der Waals surface area contributed by atoms with Crippen LogP contribution >= 0.6 is 0 Å². The van der Waals surface area contributed by atoms with Gasteiger partial charge in [-0.3, -0.25) is 0 Å². The summed E-state index contributed by atoms with van der Waals surface area (Å²) < 4.78 is 5.07. The zero-order valence-corrected chi connectivity index (χ0v) is 12.6. The third-order valence-corrected chi connectivity index (χ3v) is 3.63. The summed E-state index contributed by atoms with van der Waals surface area (Å²) in [7, 11) is 0. The zero-order chi connectivity index (χ0) is 13.5. The average molecular weight is 258 g/mol. The van der Waals surface area contributed by atoms with Gasteiger partial charge in [-0.2, -0.15) is 0 Å². The Balaban J connectivity index is 0.000000397. The minimum Gasteiger partial charge on any atom is -0.396 e. The van der Waals surface area contributed by atoms with Gasteiger partial charge in [-0.15, -0.1) is 0 Å². The van der Waals surface area contributed by atoms with Crippen LogP contribution in [0.15, 0.2) is 0 Å². The minimum atomic E-state index is 0.366. The third-order valence-electron chi connectivity index (χ3n) is 3.63. The van der Waals surface area contributed by atoms with E-state index in [0.717, 1.165) is 25.6 Å². The maximum Gasteiger partial charge on any atom is 0.0466 e. The first-order valence-electron chi connectivity index (χ1n) is 7.99. The summed E-state index contributed by atoms with van der Waals surface area (Å²) >= 11 is 0. The molecule has 2 nitrogen and oxygen atoms in total. The molecule has 2 heteroatoms. The van der Waals surface area contributed by atoms with Gasteiger partial charge in [0.1, 0.15) is 0 Å². The molecule has 1 saturated heterocycles. The number of ether oxygens (including phenoxy) is 1.